The third kappa shape index (κ3) is 5.48. The Morgan fingerprint density at radius 3 is 2.71 bits per heavy atom. The molecule has 5 N–H and O–H groups in total. The Kier molecular flexibility index (Phi) is 7.97. The number of aromatic nitrogens is 1. The Morgan fingerprint density at radius 2 is 2.05 bits per heavy atom. The smallest absolute Gasteiger partial charge is 0.526 e. The highest BCUT2D eigenvalue weighted by atomic mass is 32.1. The molecule has 4 rings (SSSR count). The summed E-state index contributed by atoms with van der Waals surface area (Å²) in [6.45, 7) is 2.40. The zero-order valence-corrected chi connectivity index (χ0v) is 21.3. The predicted molar refractivity (Wildman–Crippen MR) is 135 cm³/mol. The molecule has 0 bridgehead atoms. The molecule has 15 heteroatoms. The maximum Gasteiger partial charge on any atom is 0.526 e. The molecule has 1 unspecified atom stereocenters. The highest BCUT2D eigenvalue weighted by molar-refractivity contribution is 7.13. The van der Waals surface area contributed by atoms with Crippen LogP contribution in [-0.2, 0) is 20.8 Å². The molecule has 1 aromatic carbocycles. The number of imide groups is 1. The number of nitrogens with two attached hydrogens (primary N) is 1. The summed E-state index contributed by atoms with van der Waals surface area (Å²) in [6, 6.07) is 2.30. The number of nitrogens with one attached hydrogen (secondary N) is 1. The van der Waals surface area contributed by atoms with E-state index in [2.05, 4.69) is 10.3 Å². The number of piperazine rings is 1. The number of carboxylic acids is 1. The Morgan fingerprint density at radius 1 is 1.29 bits per heavy atom. The van der Waals surface area contributed by atoms with E-state index < -0.39 is 48.6 Å². The first-order valence-corrected chi connectivity index (χ1v) is 12.8. The number of urea groups is 1. The van der Waals surface area contributed by atoms with Gasteiger partial charge < -0.3 is 30.7 Å². The number of para-hydroxylation sites is 1. The summed E-state index contributed by atoms with van der Waals surface area (Å²) in [5.74, 6) is -4.26. The van der Waals surface area contributed by atoms with Gasteiger partial charge in [-0.15, -0.1) is 11.3 Å². The molecule has 2 aliphatic rings. The van der Waals surface area contributed by atoms with Gasteiger partial charge >= 0.3 is 30.9 Å². The van der Waals surface area contributed by atoms with Crippen LogP contribution in [0.25, 0.3) is 0 Å². The minimum atomic E-state index is -1.48. The van der Waals surface area contributed by atoms with E-state index in [-0.39, 0.29) is 48.1 Å². The van der Waals surface area contributed by atoms with Crippen LogP contribution in [0.15, 0.2) is 23.6 Å². The van der Waals surface area contributed by atoms with Gasteiger partial charge in [-0.1, -0.05) is 19.1 Å². The largest absolute Gasteiger partial charge is 0.535 e. The number of rotatable bonds is 8. The molecule has 2 aromatic rings. The number of fused-ring (bicyclic) bond motifs is 1. The Bertz CT molecular complexity index is 1290. The topological polar surface area (TPSA) is 192 Å². The maximum absolute atomic E-state index is 13.4. The number of carbonyl (C=O) groups is 5. The predicted octanol–water partition coefficient (Wildman–Crippen LogP) is 0.700. The first kappa shape index (κ1) is 27.1. The molecule has 1 saturated heterocycles. The van der Waals surface area contributed by atoms with Gasteiger partial charge in [0, 0.05) is 37.3 Å². The Hall–Kier alpha value is -3.98. The lowest BCUT2D eigenvalue weighted by Crippen LogP contribution is -2.59. The van der Waals surface area contributed by atoms with Gasteiger partial charge in [0.2, 0.25) is 0 Å². The van der Waals surface area contributed by atoms with E-state index in [1.807, 2.05) is 6.92 Å². The van der Waals surface area contributed by atoms with Gasteiger partial charge in [0.15, 0.2) is 10.9 Å². The SMILES string of the molecule is CCCN1CCN(C(=O)NC(C(=O)C[C@H]2Cc3cccc(C(=O)O)c3OB2O)c2csc(N)n2)C(=O)C1=O. The minimum absolute atomic E-state index is 0.0333. The van der Waals surface area contributed by atoms with Crippen molar-refractivity contribution >= 4 is 53.2 Å². The third-order valence-electron chi connectivity index (χ3n) is 6.39. The second-order valence-electron chi connectivity index (χ2n) is 8.98. The molecule has 3 heterocycles. The molecule has 0 saturated carbocycles. The number of aromatic carboxylic acids is 1. The maximum atomic E-state index is 13.4. The van der Waals surface area contributed by atoms with Gasteiger partial charge in [-0.2, -0.15) is 0 Å². The van der Waals surface area contributed by atoms with Gasteiger partial charge in [0.25, 0.3) is 0 Å². The standard InChI is InChI=1S/C23H26BN5O8S/c1-2-6-28-7-8-29(20(32)19(28)31)23(35)27-17(15-11-38-22(25)26-15)16(30)10-13-9-12-4-3-5-14(21(33)34)18(12)37-24(13)36/h3-5,11,13,17,36H,2,6-10H2,1H3,(H2,25,26)(H,27,35)(H,33,34)/t13-,17?/m1/s1. The number of anilines is 1. The second kappa shape index (κ2) is 11.2. The zero-order chi connectivity index (χ0) is 27.6. The average Bonchev–Trinajstić information content (AvgIpc) is 3.31. The average molecular weight is 543 g/mol. The number of amides is 4. The summed E-state index contributed by atoms with van der Waals surface area (Å²) in [4.78, 5) is 69.1. The quantitative estimate of drug-likeness (QED) is 0.272. The van der Waals surface area contributed by atoms with Crippen LogP contribution < -0.4 is 15.7 Å². The van der Waals surface area contributed by atoms with Crippen molar-refractivity contribution in [1.29, 1.82) is 0 Å². The minimum Gasteiger partial charge on any atom is -0.535 e. The van der Waals surface area contributed by atoms with Crippen molar-refractivity contribution in [1.82, 2.24) is 20.1 Å². The first-order chi connectivity index (χ1) is 18.1. The van der Waals surface area contributed by atoms with Crippen LogP contribution in [0.4, 0.5) is 9.93 Å². The van der Waals surface area contributed by atoms with Crippen molar-refractivity contribution in [3.8, 4) is 5.75 Å². The Balaban J connectivity index is 1.51. The van der Waals surface area contributed by atoms with Gasteiger partial charge in [0.05, 0.1) is 11.3 Å². The number of Topliss-reactive ketones (excluding diaryl/α,β-unsaturated/α-hetero) is 1. The number of nitrogen functional groups attached to an aromatic ring is 1. The number of benzene rings is 1. The number of carbonyl (C=O) groups excluding carboxylic acids is 4. The molecule has 0 radical (unpaired) electrons. The Labute approximate surface area is 221 Å². The van der Waals surface area contributed by atoms with Crippen LogP contribution in [0.5, 0.6) is 5.75 Å². The molecule has 38 heavy (non-hydrogen) atoms. The summed E-state index contributed by atoms with van der Waals surface area (Å²) >= 11 is 1.05. The summed E-state index contributed by atoms with van der Waals surface area (Å²) in [6.07, 6.45) is 0.541. The number of hydrogen-bond acceptors (Lipinski definition) is 10. The van der Waals surface area contributed by atoms with E-state index in [9.17, 15) is 34.1 Å². The molecule has 0 spiro atoms. The lowest BCUT2D eigenvalue weighted by atomic mass is 9.64. The van der Waals surface area contributed by atoms with Crippen molar-refractivity contribution in [2.45, 2.75) is 38.0 Å². The fourth-order valence-electron chi connectivity index (χ4n) is 4.51. The van der Waals surface area contributed by atoms with E-state index in [0.29, 0.717) is 18.5 Å². The van der Waals surface area contributed by atoms with Gasteiger partial charge in [-0.25, -0.2) is 14.6 Å². The van der Waals surface area contributed by atoms with Crippen molar-refractivity contribution < 1.29 is 38.8 Å². The highest BCUT2D eigenvalue weighted by Gasteiger charge is 2.41. The number of hydrogen-bond donors (Lipinski definition) is 4. The van der Waals surface area contributed by atoms with E-state index >= 15 is 0 Å². The monoisotopic (exact) mass is 543 g/mol. The normalized spacial score (nSPS) is 18.1. The van der Waals surface area contributed by atoms with E-state index in [1.165, 1.54) is 16.3 Å². The summed E-state index contributed by atoms with van der Waals surface area (Å²) in [5.41, 5.74) is 6.29. The van der Waals surface area contributed by atoms with Crippen molar-refractivity contribution in [2.75, 3.05) is 25.4 Å². The molecule has 0 aliphatic carbocycles. The summed E-state index contributed by atoms with van der Waals surface area (Å²) in [5, 5.41) is 24.1. The van der Waals surface area contributed by atoms with Crippen LogP contribution in [-0.4, -0.2) is 81.3 Å². The summed E-state index contributed by atoms with van der Waals surface area (Å²) in [7, 11) is -1.48. The number of carboxylic acid groups (broad SMARTS) is 1. The van der Waals surface area contributed by atoms with Crippen molar-refractivity contribution in [3.05, 3.63) is 40.4 Å². The number of thiazole rings is 1. The third-order valence-corrected chi connectivity index (χ3v) is 7.08. The molecule has 1 fully saturated rings. The molecule has 4 amide bonds. The van der Waals surface area contributed by atoms with Crippen LogP contribution in [0.1, 0.15) is 47.4 Å². The molecule has 1 aromatic heterocycles. The van der Waals surface area contributed by atoms with Crippen LogP contribution in [0, 0.1) is 0 Å². The van der Waals surface area contributed by atoms with Gasteiger partial charge in [0.1, 0.15) is 11.8 Å². The highest BCUT2D eigenvalue weighted by Crippen LogP contribution is 2.37. The van der Waals surface area contributed by atoms with Crippen LogP contribution in [0.3, 0.4) is 0 Å². The molecule has 2 aliphatic heterocycles. The molecule has 2 atom stereocenters. The second-order valence-corrected chi connectivity index (χ2v) is 9.87. The molecular weight excluding hydrogens is 517 g/mol. The number of nitrogens with zero attached hydrogens (tertiary/aromatic N) is 3. The molecule has 200 valence electrons. The summed E-state index contributed by atoms with van der Waals surface area (Å²) < 4.78 is 5.47. The van der Waals surface area contributed by atoms with Crippen LogP contribution in [0.2, 0.25) is 5.82 Å². The number of ketones is 1. The van der Waals surface area contributed by atoms with E-state index in [0.717, 1.165) is 16.2 Å². The van der Waals surface area contributed by atoms with Crippen molar-refractivity contribution in [3.63, 3.8) is 0 Å². The van der Waals surface area contributed by atoms with Crippen molar-refractivity contribution in [2.24, 2.45) is 0 Å². The molecular formula is C23H26BN5O8S. The van der Waals surface area contributed by atoms with E-state index in [4.69, 9.17) is 10.4 Å². The lowest BCUT2D eigenvalue weighted by Gasteiger charge is -2.33. The van der Waals surface area contributed by atoms with Crippen LogP contribution >= 0.6 is 11.3 Å². The van der Waals surface area contributed by atoms with Gasteiger partial charge in [-0.05, 0) is 24.5 Å². The first-order valence-electron chi connectivity index (χ1n) is 12.0. The fraction of sp³-hybridized carbons (Fsp3) is 0.391. The fourth-order valence-corrected chi connectivity index (χ4v) is 5.10. The zero-order valence-electron chi connectivity index (χ0n) is 20.5. The van der Waals surface area contributed by atoms with E-state index in [1.54, 1.807) is 12.1 Å². The molecule has 13 nitrogen and oxygen atoms in total. The lowest BCUT2D eigenvalue weighted by molar-refractivity contribution is -0.153. The van der Waals surface area contributed by atoms with Gasteiger partial charge in [-0.3, -0.25) is 19.3 Å².